The van der Waals surface area contributed by atoms with Crippen molar-refractivity contribution in [3.63, 3.8) is 0 Å². The maximum Gasteiger partial charge on any atom is 0.242 e. The molecule has 3 aromatic carbocycles. The number of hydrogen-bond donors (Lipinski definition) is 1. The van der Waals surface area contributed by atoms with Gasteiger partial charge in [0.1, 0.15) is 11.5 Å². The highest BCUT2D eigenvalue weighted by Crippen LogP contribution is 2.64. The third-order valence-electron chi connectivity index (χ3n) is 12.4. The fraction of sp³-hybridized carbons (Fsp3) is 0.310. The van der Waals surface area contributed by atoms with Gasteiger partial charge in [-0.1, -0.05) is 54.4 Å². The van der Waals surface area contributed by atoms with Crippen molar-refractivity contribution in [2.75, 3.05) is 9.80 Å². The summed E-state index contributed by atoms with van der Waals surface area (Å²) in [7, 11) is 1.68. The predicted molar refractivity (Wildman–Crippen MR) is 205 cm³/mol. The molecule has 1 N–H and O–H groups in total. The average Bonchev–Trinajstić information content (AvgIpc) is 3.83. The van der Waals surface area contributed by atoms with Crippen molar-refractivity contribution < 1.29 is 28.7 Å². The van der Waals surface area contributed by atoms with Crippen LogP contribution in [0.4, 0.5) is 15.9 Å². The number of para-hydroxylation sites is 1. The molecule has 9 nitrogen and oxygen atoms in total. The van der Waals surface area contributed by atoms with Crippen molar-refractivity contribution in [2.45, 2.75) is 46.0 Å². The third kappa shape index (κ3) is 4.70. The van der Waals surface area contributed by atoms with Crippen LogP contribution in [0.3, 0.4) is 0 Å². The van der Waals surface area contributed by atoms with Gasteiger partial charge >= 0.3 is 0 Å². The van der Waals surface area contributed by atoms with Crippen LogP contribution in [0.5, 0.6) is 5.75 Å². The molecule has 4 heterocycles. The maximum absolute atomic E-state index is 15.2. The minimum Gasteiger partial charge on any atom is -0.505 e. The van der Waals surface area contributed by atoms with Crippen molar-refractivity contribution in [1.29, 1.82) is 0 Å². The molecule has 2 aliphatic heterocycles. The van der Waals surface area contributed by atoms with Gasteiger partial charge in [-0.3, -0.25) is 28.8 Å². The summed E-state index contributed by atoms with van der Waals surface area (Å²) in [5.74, 6) is -6.82. The van der Waals surface area contributed by atoms with Gasteiger partial charge in [0.15, 0.2) is 11.6 Å². The standard InChI is InChI=1S/C42H36ClFN4O5S/c1-5-21-9-12-23(13-10-21)47-38(50)25-15-14-24-28(34(25)40(47)52)18-29-39(51)48(41(53)42(29,3)35(24)26-7-6-8-30(44)36(26)49)33-19-31(45-46(33)4)37-20(2)27-17-22(43)11-16-32(27)54-37/h6-14,16-17,19,25,28-29,34-35,49H,5,15,18H2,1-4H3. The van der Waals surface area contributed by atoms with Crippen LogP contribution in [-0.4, -0.2) is 38.5 Å². The first-order chi connectivity index (χ1) is 25.8. The van der Waals surface area contributed by atoms with Gasteiger partial charge in [0.2, 0.25) is 23.6 Å². The summed E-state index contributed by atoms with van der Waals surface area (Å²) in [5, 5.41) is 17.6. The van der Waals surface area contributed by atoms with Gasteiger partial charge in [0.25, 0.3) is 0 Å². The molecule has 0 radical (unpaired) electrons. The van der Waals surface area contributed by atoms with Gasteiger partial charge < -0.3 is 5.11 Å². The number of halogens is 2. The molecule has 5 aromatic rings. The summed E-state index contributed by atoms with van der Waals surface area (Å²) in [6.45, 7) is 5.71. The number of aromatic nitrogens is 2. The van der Waals surface area contributed by atoms with Crippen LogP contribution < -0.4 is 9.80 Å². The second kappa shape index (κ2) is 12.2. The number of allylic oxidation sites excluding steroid dienone is 2. The Balaban J connectivity index is 1.15. The Morgan fingerprint density at radius 3 is 2.48 bits per heavy atom. The van der Waals surface area contributed by atoms with E-state index in [0.717, 1.165) is 38.6 Å². The summed E-state index contributed by atoms with van der Waals surface area (Å²) in [4.78, 5) is 61.5. The molecule has 6 unspecified atom stereocenters. The SMILES string of the molecule is CCc1ccc(N2C(=O)C3CC=C4C(CC5C(=O)N(c6cc(-c7sc8ccc(Cl)cc8c7C)nn6C)C(=O)C5(C)C4c4cccc(F)c4O)C3C2=O)cc1. The Hall–Kier alpha value is -5.13. The molecule has 4 aliphatic rings. The molecule has 0 spiro atoms. The van der Waals surface area contributed by atoms with Crippen LogP contribution >= 0.6 is 22.9 Å². The molecule has 2 saturated heterocycles. The molecule has 4 amide bonds. The zero-order valence-corrected chi connectivity index (χ0v) is 31.5. The number of phenolic OH excluding ortho intramolecular Hbond substituents is 1. The van der Waals surface area contributed by atoms with Gasteiger partial charge in [-0.05, 0) is 91.9 Å². The molecule has 6 atom stereocenters. The average molecular weight is 763 g/mol. The number of amides is 4. The zero-order chi connectivity index (χ0) is 38.0. The number of nitrogens with zero attached hydrogens (tertiary/aromatic N) is 4. The van der Waals surface area contributed by atoms with E-state index in [9.17, 15) is 19.5 Å². The number of hydrogen-bond acceptors (Lipinski definition) is 7. The summed E-state index contributed by atoms with van der Waals surface area (Å²) in [6, 6.07) is 18.9. The number of carbonyl (C=O) groups is 4. The van der Waals surface area contributed by atoms with Gasteiger partial charge in [-0.25, -0.2) is 9.29 Å². The number of imide groups is 2. The first-order valence-corrected chi connectivity index (χ1v) is 19.3. The van der Waals surface area contributed by atoms with Gasteiger partial charge in [-0.2, -0.15) is 5.10 Å². The second-order valence-electron chi connectivity index (χ2n) is 15.1. The Kier molecular flexibility index (Phi) is 7.82. The Labute approximate surface area is 319 Å². The van der Waals surface area contributed by atoms with E-state index >= 15 is 9.18 Å². The molecule has 9 rings (SSSR count). The molecular weight excluding hydrogens is 727 g/mol. The van der Waals surface area contributed by atoms with E-state index in [-0.39, 0.29) is 36.0 Å². The molecule has 1 saturated carbocycles. The first-order valence-electron chi connectivity index (χ1n) is 18.1. The van der Waals surface area contributed by atoms with E-state index in [0.29, 0.717) is 22.0 Å². The molecule has 0 bridgehead atoms. The van der Waals surface area contributed by atoms with Crippen LogP contribution in [0.2, 0.25) is 5.02 Å². The van der Waals surface area contributed by atoms with Crippen molar-refractivity contribution in [1.82, 2.24) is 9.78 Å². The summed E-state index contributed by atoms with van der Waals surface area (Å²) < 4.78 is 17.7. The molecule has 274 valence electrons. The maximum atomic E-state index is 15.2. The molecule has 2 aliphatic carbocycles. The van der Waals surface area contributed by atoms with Crippen LogP contribution in [-0.2, 0) is 32.6 Å². The highest BCUT2D eigenvalue weighted by molar-refractivity contribution is 7.22. The van der Waals surface area contributed by atoms with E-state index < -0.39 is 58.4 Å². The number of carbonyl (C=O) groups excluding carboxylic acids is 4. The van der Waals surface area contributed by atoms with E-state index in [1.165, 1.54) is 31.9 Å². The molecular formula is C42H36ClFN4O5S. The van der Waals surface area contributed by atoms with Gasteiger partial charge in [0.05, 0.1) is 33.7 Å². The van der Waals surface area contributed by atoms with Gasteiger partial charge in [-0.15, -0.1) is 11.3 Å². The van der Waals surface area contributed by atoms with Crippen molar-refractivity contribution in [3.05, 3.63) is 106 Å². The lowest BCUT2D eigenvalue weighted by Gasteiger charge is -2.49. The van der Waals surface area contributed by atoms with Gasteiger partial charge in [0, 0.05) is 34.3 Å². The lowest BCUT2D eigenvalue weighted by atomic mass is 9.51. The number of fused-ring (bicyclic) bond motifs is 5. The van der Waals surface area contributed by atoms with Crippen LogP contribution in [0.1, 0.15) is 49.3 Å². The summed E-state index contributed by atoms with van der Waals surface area (Å²) in [6.07, 6.45) is 3.05. The largest absolute Gasteiger partial charge is 0.505 e. The molecule has 12 heteroatoms. The second-order valence-corrected chi connectivity index (χ2v) is 16.6. The number of anilines is 2. The molecule has 54 heavy (non-hydrogen) atoms. The highest BCUT2D eigenvalue weighted by atomic mass is 35.5. The van der Waals surface area contributed by atoms with Crippen molar-refractivity contribution in [2.24, 2.45) is 36.1 Å². The summed E-state index contributed by atoms with van der Waals surface area (Å²) >= 11 is 7.84. The smallest absolute Gasteiger partial charge is 0.242 e. The third-order valence-corrected chi connectivity index (χ3v) is 14.0. The predicted octanol–water partition coefficient (Wildman–Crippen LogP) is 8.11. The highest BCUT2D eigenvalue weighted by Gasteiger charge is 2.68. The van der Waals surface area contributed by atoms with Crippen LogP contribution in [0, 0.1) is 41.8 Å². The topological polar surface area (TPSA) is 113 Å². The van der Waals surface area contributed by atoms with E-state index in [2.05, 4.69) is 0 Å². The molecule has 2 aromatic heterocycles. The normalized spacial score (nSPS) is 26.4. The van der Waals surface area contributed by atoms with Crippen LogP contribution in [0.15, 0.2) is 78.4 Å². The van der Waals surface area contributed by atoms with Crippen LogP contribution in [0.25, 0.3) is 20.7 Å². The lowest BCUT2D eigenvalue weighted by molar-refractivity contribution is -0.131. The number of phenols is 1. The number of thiophene rings is 1. The lowest BCUT2D eigenvalue weighted by Crippen LogP contribution is -2.49. The minimum absolute atomic E-state index is 0.125. The zero-order valence-electron chi connectivity index (χ0n) is 30.0. The minimum atomic E-state index is -1.46. The van der Waals surface area contributed by atoms with E-state index in [1.54, 1.807) is 38.2 Å². The monoisotopic (exact) mass is 762 g/mol. The fourth-order valence-electron chi connectivity index (χ4n) is 9.69. The summed E-state index contributed by atoms with van der Waals surface area (Å²) in [5.41, 5.74) is 2.47. The first kappa shape index (κ1) is 34.6. The van der Waals surface area contributed by atoms with E-state index in [4.69, 9.17) is 16.7 Å². The number of benzene rings is 3. The Morgan fingerprint density at radius 1 is 0.981 bits per heavy atom. The Morgan fingerprint density at radius 2 is 1.74 bits per heavy atom. The van der Waals surface area contributed by atoms with Crippen molar-refractivity contribution >= 4 is 68.2 Å². The number of aryl methyl sites for hydroxylation is 3. The Bertz CT molecular complexity index is 2510. The fourth-order valence-corrected chi connectivity index (χ4v) is 11.0. The molecule has 3 fully saturated rings. The van der Waals surface area contributed by atoms with Crippen molar-refractivity contribution in [3.8, 4) is 16.3 Å². The number of rotatable bonds is 5. The quantitative estimate of drug-likeness (QED) is 0.143. The number of aromatic hydroxyl groups is 1. The van der Waals surface area contributed by atoms with E-state index in [1.807, 2.05) is 50.3 Å².